The molecule has 7 nitrogen and oxygen atoms in total. The monoisotopic (exact) mass is 389 g/mol. The highest BCUT2D eigenvalue weighted by molar-refractivity contribution is 5.93. The average molecular weight is 389 g/mol. The summed E-state index contributed by atoms with van der Waals surface area (Å²) >= 11 is 0. The number of para-hydroxylation sites is 1. The molecule has 0 unspecified atom stereocenters. The minimum absolute atomic E-state index is 0.394. The van der Waals surface area contributed by atoms with Crippen LogP contribution in [0.2, 0.25) is 0 Å². The van der Waals surface area contributed by atoms with E-state index in [0.717, 1.165) is 22.8 Å². The van der Waals surface area contributed by atoms with Gasteiger partial charge in [0.25, 0.3) is 0 Å². The lowest BCUT2D eigenvalue weighted by atomic mass is 10.1. The molecule has 0 aliphatic carbocycles. The van der Waals surface area contributed by atoms with E-state index in [2.05, 4.69) is 27.1 Å². The highest BCUT2D eigenvalue weighted by Crippen LogP contribution is 2.24. The third-order valence-electron chi connectivity index (χ3n) is 3.80. The second kappa shape index (κ2) is 10.2. The van der Waals surface area contributed by atoms with Crippen LogP contribution in [0.15, 0.2) is 67.5 Å². The number of fused-ring (bicyclic) bond motifs is 1. The zero-order valence-electron chi connectivity index (χ0n) is 16.0. The van der Waals surface area contributed by atoms with Crippen LogP contribution in [0.5, 0.6) is 0 Å². The number of carbonyl (C=O) groups is 2. The Hall–Kier alpha value is -4.18. The van der Waals surface area contributed by atoms with Crippen molar-refractivity contribution >= 4 is 29.0 Å². The number of ether oxygens (including phenoxy) is 2. The number of aromatic nitrogens is 2. The van der Waals surface area contributed by atoms with Crippen molar-refractivity contribution in [2.75, 3.05) is 14.2 Å². The molecule has 3 rings (SSSR count). The van der Waals surface area contributed by atoms with Crippen molar-refractivity contribution in [3.8, 4) is 11.8 Å². The number of esters is 2. The van der Waals surface area contributed by atoms with E-state index in [1.165, 1.54) is 20.3 Å². The molecule has 0 aliphatic heterocycles. The Morgan fingerprint density at radius 2 is 1.83 bits per heavy atom. The van der Waals surface area contributed by atoms with E-state index in [1.54, 1.807) is 24.5 Å². The van der Waals surface area contributed by atoms with E-state index >= 15 is 0 Å². The van der Waals surface area contributed by atoms with Crippen molar-refractivity contribution in [2.24, 2.45) is 0 Å². The fourth-order valence-electron chi connectivity index (χ4n) is 2.46. The van der Waals surface area contributed by atoms with Gasteiger partial charge in [-0.05, 0) is 30.3 Å². The zero-order valence-corrected chi connectivity index (χ0v) is 16.0. The molecule has 0 radical (unpaired) electrons. The van der Waals surface area contributed by atoms with Gasteiger partial charge in [0.15, 0.2) is 0 Å². The van der Waals surface area contributed by atoms with Crippen molar-refractivity contribution < 1.29 is 19.1 Å². The molecule has 1 aromatic heterocycles. The summed E-state index contributed by atoms with van der Waals surface area (Å²) < 4.78 is 10.7. The molecule has 146 valence electrons. The zero-order chi connectivity index (χ0) is 21.2. The van der Waals surface area contributed by atoms with Gasteiger partial charge in [-0.3, -0.25) is 4.57 Å². The van der Waals surface area contributed by atoms with E-state index in [4.69, 9.17) is 5.26 Å². The summed E-state index contributed by atoms with van der Waals surface area (Å²) in [5.41, 5.74) is 3.69. The van der Waals surface area contributed by atoms with Crippen LogP contribution in [0.1, 0.15) is 11.1 Å². The predicted molar refractivity (Wildman–Crippen MR) is 109 cm³/mol. The summed E-state index contributed by atoms with van der Waals surface area (Å²) in [5, 5.41) is 9.17. The van der Waals surface area contributed by atoms with Crippen molar-refractivity contribution in [2.45, 2.75) is 0 Å². The van der Waals surface area contributed by atoms with Gasteiger partial charge in [-0.25, -0.2) is 14.6 Å². The third kappa shape index (κ3) is 5.40. The minimum Gasteiger partial charge on any atom is -0.466 e. The average Bonchev–Trinajstić information content (AvgIpc) is 3.21. The first-order valence-corrected chi connectivity index (χ1v) is 8.47. The SMILES string of the molecule is C=CC(=O)OC.COC(=O)C=Cc1cc(C#N)cc2ncn(-c3ccccc3)c12. The topological polar surface area (TPSA) is 94.2 Å². The maximum atomic E-state index is 11.4. The lowest BCUT2D eigenvalue weighted by Crippen LogP contribution is -1.96. The number of methoxy groups -OCH3 is 2. The van der Waals surface area contributed by atoms with Crippen LogP contribution in [0.3, 0.4) is 0 Å². The second-order valence-corrected chi connectivity index (χ2v) is 5.58. The fourth-order valence-corrected chi connectivity index (χ4v) is 2.46. The Kier molecular flexibility index (Phi) is 7.45. The smallest absolute Gasteiger partial charge is 0.330 e. The lowest BCUT2D eigenvalue weighted by molar-refractivity contribution is -0.135. The number of benzene rings is 2. The summed E-state index contributed by atoms with van der Waals surface area (Å²) in [4.78, 5) is 25.6. The first kappa shape index (κ1) is 21.1. The molecular weight excluding hydrogens is 370 g/mol. The van der Waals surface area contributed by atoms with Crippen molar-refractivity contribution in [3.63, 3.8) is 0 Å². The van der Waals surface area contributed by atoms with Gasteiger partial charge in [-0.1, -0.05) is 24.8 Å². The first-order chi connectivity index (χ1) is 14.0. The summed E-state index contributed by atoms with van der Waals surface area (Å²) in [6, 6.07) is 15.3. The van der Waals surface area contributed by atoms with Crippen LogP contribution < -0.4 is 0 Å². The van der Waals surface area contributed by atoms with Gasteiger partial charge in [0.05, 0.1) is 36.9 Å². The maximum Gasteiger partial charge on any atom is 0.330 e. The molecule has 7 heteroatoms. The van der Waals surface area contributed by atoms with Gasteiger partial charge in [-0.15, -0.1) is 0 Å². The highest BCUT2D eigenvalue weighted by Gasteiger charge is 2.10. The van der Waals surface area contributed by atoms with Crippen molar-refractivity contribution in [1.82, 2.24) is 9.55 Å². The number of imidazole rings is 1. The molecule has 0 bridgehead atoms. The van der Waals surface area contributed by atoms with E-state index in [-0.39, 0.29) is 0 Å². The van der Waals surface area contributed by atoms with E-state index < -0.39 is 11.9 Å². The molecule has 0 saturated heterocycles. The van der Waals surface area contributed by atoms with Gasteiger partial charge in [0.2, 0.25) is 0 Å². The van der Waals surface area contributed by atoms with Crippen molar-refractivity contribution in [1.29, 1.82) is 5.26 Å². The predicted octanol–water partition coefficient (Wildman–Crippen LogP) is 3.43. The van der Waals surface area contributed by atoms with Gasteiger partial charge in [-0.2, -0.15) is 5.26 Å². The molecular formula is C22H19N3O4. The Morgan fingerprint density at radius 3 is 2.38 bits per heavy atom. The maximum absolute atomic E-state index is 11.4. The summed E-state index contributed by atoms with van der Waals surface area (Å²) in [6.45, 7) is 3.16. The van der Waals surface area contributed by atoms with Crippen LogP contribution in [0.25, 0.3) is 22.8 Å². The van der Waals surface area contributed by atoms with Crippen molar-refractivity contribution in [3.05, 3.63) is 78.6 Å². The number of carbonyl (C=O) groups excluding carboxylic acids is 2. The Balaban J connectivity index is 0.000000438. The van der Waals surface area contributed by atoms with Gasteiger partial charge in [0.1, 0.15) is 6.33 Å². The lowest BCUT2D eigenvalue weighted by Gasteiger charge is -2.07. The van der Waals surface area contributed by atoms with Crippen LogP contribution in [-0.4, -0.2) is 35.7 Å². The molecule has 1 heterocycles. The molecule has 2 aromatic carbocycles. The number of nitrogens with zero attached hydrogens (tertiary/aromatic N) is 3. The van der Waals surface area contributed by atoms with Crippen LogP contribution in [0.4, 0.5) is 0 Å². The third-order valence-corrected chi connectivity index (χ3v) is 3.80. The van der Waals surface area contributed by atoms with E-state index in [0.29, 0.717) is 11.1 Å². The summed E-state index contributed by atoms with van der Waals surface area (Å²) in [7, 11) is 2.63. The Labute approximate surface area is 168 Å². The second-order valence-electron chi connectivity index (χ2n) is 5.58. The molecule has 0 atom stereocenters. The van der Waals surface area contributed by atoms with Gasteiger partial charge in [0, 0.05) is 23.4 Å². The number of rotatable bonds is 4. The molecule has 0 fully saturated rings. The van der Waals surface area contributed by atoms with E-state index in [1.807, 2.05) is 34.9 Å². The Bertz CT molecular complexity index is 1090. The quantitative estimate of drug-likeness (QED) is 0.501. The van der Waals surface area contributed by atoms with Crippen LogP contribution >= 0.6 is 0 Å². The number of hydrogen-bond donors (Lipinski definition) is 0. The van der Waals surface area contributed by atoms with Gasteiger partial charge >= 0.3 is 11.9 Å². The number of nitriles is 1. The Morgan fingerprint density at radius 1 is 1.14 bits per heavy atom. The molecule has 29 heavy (non-hydrogen) atoms. The van der Waals surface area contributed by atoms with Crippen LogP contribution in [0, 0.1) is 11.3 Å². The molecule has 0 aliphatic rings. The fraction of sp³-hybridized carbons (Fsp3) is 0.0909. The minimum atomic E-state index is -0.453. The van der Waals surface area contributed by atoms with Gasteiger partial charge < -0.3 is 9.47 Å². The molecule has 0 saturated carbocycles. The summed E-state index contributed by atoms with van der Waals surface area (Å²) in [5.74, 6) is -0.846. The highest BCUT2D eigenvalue weighted by atomic mass is 16.5. The molecule has 0 N–H and O–H groups in total. The molecule has 0 amide bonds. The summed E-state index contributed by atoms with van der Waals surface area (Å²) in [6.07, 6.45) is 5.78. The standard InChI is InChI=1S/C18H13N3O2.C4H6O2/c1-23-17(22)8-7-14-9-13(11-19)10-16-18(14)21(12-20-16)15-5-3-2-4-6-15;1-3-4(5)6-2/h2-10,12H,1H3;3H,1H2,2H3. The number of hydrogen-bond acceptors (Lipinski definition) is 6. The normalized spacial score (nSPS) is 9.97. The molecule has 3 aromatic rings. The first-order valence-electron chi connectivity index (χ1n) is 8.47. The van der Waals surface area contributed by atoms with Crippen LogP contribution in [-0.2, 0) is 19.1 Å². The largest absolute Gasteiger partial charge is 0.466 e. The molecule has 0 spiro atoms. The van der Waals surface area contributed by atoms with E-state index in [9.17, 15) is 9.59 Å².